The van der Waals surface area contributed by atoms with Crippen LogP contribution in [0, 0.1) is 0 Å². The molecule has 0 radical (unpaired) electrons. The first-order valence-electron chi connectivity index (χ1n) is 9.40. The molecule has 0 amide bonds. The molecule has 6 aromatic rings. The van der Waals surface area contributed by atoms with Gasteiger partial charge in [-0.05, 0) is 47.4 Å². The van der Waals surface area contributed by atoms with E-state index in [1.54, 1.807) is 6.26 Å². The van der Waals surface area contributed by atoms with Gasteiger partial charge in [0, 0.05) is 42.4 Å². The minimum atomic E-state index is 0.876. The summed E-state index contributed by atoms with van der Waals surface area (Å²) in [6.07, 6.45) is 3.72. The summed E-state index contributed by atoms with van der Waals surface area (Å²) in [6.45, 7) is 0. The second kappa shape index (κ2) is 7.76. The van der Waals surface area contributed by atoms with Gasteiger partial charge in [-0.1, -0.05) is 62.2 Å². The van der Waals surface area contributed by atoms with E-state index in [1.807, 2.05) is 12.3 Å². The van der Waals surface area contributed by atoms with Crippen LogP contribution in [0.15, 0.2) is 75.8 Å². The van der Waals surface area contributed by atoms with E-state index in [1.165, 1.54) is 10.8 Å². The van der Waals surface area contributed by atoms with Crippen molar-refractivity contribution in [3.05, 3.63) is 75.8 Å². The summed E-state index contributed by atoms with van der Waals surface area (Å²) in [4.78, 5) is 12.0. The smallest absolute Gasteiger partial charge is 0.140 e. The average Bonchev–Trinajstić information content (AvgIpc) is 3.40. The Kier molecular flexibility index (Phi) is 5.09. The highest BCUT2D eigenvalue weighted by Crippen LogP contribution is 2.38. The van der Waals surface area contributed by atoms with Gasteiger partial charge in [0.25, 0.3) is 0 Å². The van der Waals surface area contributed by atoms with Crippen molar-refractivity contribution in [1.82, 2.24) is 15.0 Å². The second-order valence-electron chi connectivity index (χ2n) is 6.94. The zero-order chi connectivity index (χ0) is 20.8. The third kappa shape index (κ3) is 3.06. The molecule has 0 spiro atoms. The normalized spacial score (nSPS) is 11.3. The molecule has 148 valence electrons. The molecule has 0 atom stereocenters. The first-order chi connectivity index (χ1) is 14.7. The zero-order valence-electron chi connectivity index (χ0n) is 16.0. The average molecular weight is 539 g/mol. The SMILES string of the molecule is Brc1ccc2c3ccc(Br)cc3c3[nH]c(-c4c[nH]c5ccccc45)nc3c2c1.CS. The summed E-state index contributed by atoms with van der Waals surface area (Å²) in [5, 5.41) is 5.89. The van der Waals surface area contributed by atoms with Crippen LogP contribution in [0.5, 0.6) is 0 Å². The van der Waals surface area contributed by atoms with Crippen LogP contribution in [-0.4, -0.2) is 21.2 Å². The molecule has 0 aliphatic carbocycles. The fraction of sp³-hybridized carbons (Fsp3) is 0.0417. The highest BCUT2D eigenvalue weighted by molar-refractivity contribution is 9.10. The number of aromatic nitrogens is 3. The number of aromatic amines is 2. The second-order valence-corrected chi connectivity index (χ2v) is 8.77. The lowest BCUT2D eigenvalue weighted by Gasteiger charge is -2.07. The van der Waals surface area contributed by atoms with Gasteiger partial charge in [0.15, 0.2) is 0 Å². The number of thiol groups is 1. The first-order valence-corrected chi connectivity index (χ1v) is 11.9. The highest BCUT2D eigenvalue weighted by Gasteiger charge is 2.16. The van der Waals surface area contributed by atoms with E-state index >= 15 is 0 Å². The number of rotatable bonds is 1. The van der Waals surface area contributed by atoms with Crippen molar-refractivity contribution in [2.45, 2.75) is 0 Å². The largest absolute Gasteiger partial charge is 0.360 e. The molecule has 0 aliphatic rings. The predicted molar refractivity (Wildman–Crippen MR) is 139 cm³/mol. The number of nitrogens with zero attached hydrogens (tertiary/aromatic N) is 1. The number of halogens is 2. The Morgan fingerprint density at radius 1 is 0.767 bits per heavy atom. The fourth-order valence-corrected chi connectivity index (χ4v) is 4.79. The number of imidazole rings is 1. The van der Waals surface area contributed by atoms with Crippen LogP contribution in [0.2, 0.25) is 0 Å². The van der Waals surface area contributed by atoms with Crippen molar-refractivity contribution in [1.29, 1.82) is 0 Å². The van der Waals surface area contributed by atoms with E-state index < -0.39 is 0 Å². The maximum absolute atomic E-state index is 5.04. The van der Waals surface area contributed by atoms with Gasteiger partial charge in [-0.15, -0.1) is 0 Å². The summed E-state index contributed by atoms with van der Waals surface area (Å²) < 4.78 is 2.11. The van der Waals surface area contributed by atoms with E-state index in [2.05, 4.69) is 109 Å². The molecule has 0 aliphatic heterocycles. The number of hydrogen-bond donors (Lipinski definition) is 3. The van der Waals surface area contributed by atoms with Crippen molar-refractivity contribution in [2.24, 2.45) is 0 Å². The van der Waals surface area contributed by atoms with Gasteiger partial charge in [-0.2, -0.15) is 12.6 Å². The third-order valence-corrected chi connectivity index (χ3v) is 6.31. The van der Waals surface area contributed by atoms with E-state index in [9.17, 15) is 0 Å². The van der Waals surface area contributed by atoms with E-state index in [0.717, 1.165) is 53.0 Å². The highest BCUT2D eigenvalue weighted by atomic mass is 79.9. The van der Waals surface area contributed by atoms with Gasteiger partial charge in [-0.3, -0.25) is 0 Å². The molecule has 2 heterocycles. The molecular formula is C24H17Br2N3S. The maximum atomic E-state index is 5.04. The van der Waals surface area contributed by atoms with E-state index in [4.69, 9.17) is 4.98 Å². The van der Waals surface area contributed by atoms with E-state index in [0.29, 0.717) is 0 Å². The molecule has 2 aromatic heterocycles. The van der Waals surface area contributed by atoms with Gasteiger partial charge < -0.3 is 9.97 Å². The van der Waals surface area contributed by atoms with Crippen molar-refractivity contribution in [2.75, 3.05) is 6.26 Å². The van der Waals surface area contributed by atoms with Crippen molar-refractivity contribution in [3.63, 3.8) is 0 Å². The first kappa shape index (κ1) is 19.7. The Bertz CT molecular complexity index is 1470. The lowest BCUT2D eigenvalue weighted by atomic mass is 10.0. The van der Waals surface area contributed by atoms with Gasteiger partial charge in [0.1, 0.15) is 5.82 Å². The maximum Gasteiger partial charge on any atom is 0.140 e. The Balaban J connectivity index is 0.000000937. The Hall–Kier alpha value is -2.28. The molecule has 6 heteroatoms. The van der Waals surface area contributed by atoms with Gasteiger partial charge in [0.05, 0.1) is 11.0 Å². The Labute approximate surface area is 195 Å². The lowest BCUT2D eigenvalue weighted by molar-refractivity contribution is 1.34. The summed E-state index contributed by atoms with van der Waals surface area (Å²) >= 11 is 10.8. The van der Waals surface area contributed by atoms with Crippen LogP contribution in [0.3, 0.4) is 0 Å². The number of benzene rings is 4. The zero-order valence-corrected chi connectivity index (χ0v) is 20.1. The topological polar surface area (TPSA) is 44.5 Å². The van der Waals surface area contributed by atoms with Crippen LogP contribution < -0.4 is 0 Å². The molecule has 4 aromatic carbocycles. The summed E-state index contributed by atoms with van der Waals surface area (Å²) in [5.74, 6) is 0.876. The molecule has 3 nitrogen and oxygen atoms in total. The van der Waals surface area contributed by atoms with Gasteiger partial charge >= 0.3 is 0 Å². The fourth-order valence-electron chi connectivity index (χ4n) is 4.06. The van der Waals surface area contributed by atoms with Crippen LogP contribution in [0.4, 0.5) is 0 Å². The standard InChI is InChI=1S/C23H13Br2N3.CH4S/c24-12-5-7-14-15-8-6-13(25)10-18(15)22-21(17(14)9-12)27-23(28-22)19-11-26-20-4-2-1-3-16(19)20;1-2/h1-11,26H,(H,27,28);2H,1H3. The summed E-state index contributed by atoms with van der Waals surface area (Å²) in [6, 6.07) is 21.1. The number of fused-ring (bicyclic) bond motifs is 7. The molecular weight excluding hydrogens is 522 g/mol. The van der Waals surface area contributed by atoms with Crippen molar-refractivity contribution < 1.29 is 0 Å². The summed E-state index contributed by atoms with van der Waals surface area (Å²) in [7, 11) is 0. The van der Waals surface area contributed by atoms with Crippen LogP contribution >= 0.6 is 44.5 Å². The molecule has 0 unspecified atom stereocenters. The molecule has 0 fully saturated rings. The third-order valence-electron chi connectivity index (χ3n) is 5.33. The quantitative estimate of drug-likeness (QED) is 0.144. The minimum Gasteiger partial charge on any atom is -0.360 e. The van der Waals surface area contributed by atoms with Crippen molar-refractivity contribution in [3.8, 4) is 11.4 Å². The minimum absolute atomic E-state index is 0.876. The van der Waals surface area contributed by atoms with Crippen LogP contribution in [0.25, 0.3) is 54.9 Å². The summed E-state index contributed by atoms with van der Waals surface area (Å²) in [5.41, 5.74) is 4.24. The molecule has 6 rings (SSSR count). The molecule has 0 bridgehead atoms. The Morgan fingerprint density at radius 2 is 1.43 bits per heavy atom. The van der Waals surface area contributed by atoms with Crippen LogP contribution in [0.1, 0.15) is 0 Å². The van der Waals surface area contributed by atoms with Gasteiger partial charge in [0.2, 0.25) is 0 Å². The monoisotopic (exact) mass is 537 g/mol. The van der Waals surface area contributed by atoms with E-state index in [-0.39, 0.29) is 0 Å². The number of nitrogens with one attached hydrogen (secondary N) is 2. The number of hydrogen-bond acceptors (Lipinski definition) is 2. The molecule has 0 saturated carbocycles. The lowest BCUT2D eigenvalue weighted by Crippen LogP contribution is -1.82. The number of para-hydroxylation sites is 1. The van der Waals surface area contributed by atoms with Crippen molar-refractivity contribution >= 4 is 88.0 Å². The predicted octanol–water partition coefficient (Wildman–Crippen LogP) is 8.09. The van der Waals surface area contributed by atoms with Crippen LogP contribution in [-0.2, 0) is 0 Å². The number of H-pyrrole nitrogens is 2. The molecule has 0 saturated heterocycles. The molecule has 30 heavy (non-hydrogen) atoms. The van der Waals surface area contributed by atoms with Gasteiger partial charge in [-0.25, -0.2) is 4.98 Å². The molecule has 2 N–H and O–H groups in total. The Morgan fingerprint density at radius 3 is 2.20 bits per heavy atom.